The number of hydrogen-bond acceptors (Lipinski definition) is 7. The average Bonchev–Trinajstić information content (AvgIpc) is 2.43. The summed E-state index contributed by atoms with van der Waals surface area (Å²) in [4.78, 5) is 12.9. The van der Waals surface area contributed by atoms with Gasteiger partial charge in [0.05, 0.1) is 13.2 Å². The molecule has 3 heterocycles. The fraction of sp³-hybridized carbons (Fsp3) is 0.692. The Hall–Kier alpha value is -1.60. The zero-order valence-electron chi connectivity index (χ0n) is 11.7. The molecule has 2 aliphatic rings. The number of anilines is 2. The maximum atomic E-state index is 9.37. The van der Waals surface area contributed by atoms with Crippen LogP contribution in [0.1, 0.15) is 12.8 Å². The molecule has 1 aromatic rings. The molecule has 0 unspecified atom stereocenters. The summed E-state index contributed by atoms with van der Waals surface area (Å²) in [7, 11) is 1.58. The second-order valence-corrected chi connectivity index (χ2v) is 5.45. The molecule has 3 N–H and O–H groups in total. The van der Waals surface area contributed by atoms with Gasteiger partial charge in [-0.05, 0) is 12.8 Å². The third kappa shape index (κ3) is 2.64. The van der Waals surface area contributed by atoms with Crippen molar-refractivity contribution in [3.05, 3.63) is 6.07 Å². The normalized spacial score (nSPS) is 21.8. The summed E-state index contributed by atoms with van der Waals surface area (Å²) in [6.45, 7) is 3.52. The van der Waals surface area contributed by atoms with Gasteiger partial charge in [0.2, 0.25) is 11.8 Å². The number of nitrogen functional groups attached to an aromatic ring is 1. The van der Waals surface area contributed by atoms with Crippen molar-refractivity contribution < 1.29 is 9.84 Å². The Labute approximate surface area is 118 Å². The molecule has 0 aliphatic carbocycles. The summed E-state index contributed by atoms with van der Waals surface area (Å²) < 4.78 is 5.13. The van der Waals surface area contributed by atoms with E-state index in [0.717, 1.165) is 44.8 Å². The Morgan fingerprint density at radius 2 is 2.00 bits per heavy atom. The minimum atomic E-state index is -0.126. The third-order valence-electron chi connectivity index (χ3n) is 4.11. The monoisotopic (exact) mass is 279 g/mol. The summed E-state index contributed by atoms with van der Waals surface area (Å²) in [6, 6.07) is 2.40. The highest BCUT2D eigenvalue weighted by Gasteiger charge is 2.33. The van der Waals surface area contributed by atoms with Crippen LogP contribution in [-0.2, 0) is 0 Å². The van der Waals surface area contributed by atoms with Gasteiger partial charge in [-0.1, -0.05) is 0 Å². The Morgan fingerprint density at radius 3 is 2.60 bits per heavy atom. The van der Waals surface area contributed by atoms with Crippen LogP contribution in [0.4, 0.5) is 11.8 Å². The summed E-state index contributed by atoms with van der Waals surface area (Å²) in [5.41, 5.74) is 5.70. The SMILES string of the molecule is COc1cc(N2CCC(N3CC(O)C3)CC2)nc(N)n1. The zero-order valence-corrected chi connectivity index (χ0v) is 11.7. The van der Waals surface area contributed by atoms with Crippen LogP contribution in [-0.4, -0.2) is 65.4 Å². The standard InChI is InChI=1S/C13H21N5O2/c1-20-12-6-11(15-13(14)16-12)17-4-2-9(3-5-17)18-7-10(19)8-18/h6,9-10,19H,2-5,7-8H2,1H3,(H2,14,15,16). The van der Waals surface area contributed by atoms with Crippen molar-refractivity contribution in [3.63, 3.8) is 0 Å². The van der Waals surface area contributed by atoms with E-state index < -0.39 is 0 Å². The highest BCUT2D eigenvalue weighted by molar-refractivity contribution is 5.45. The van der Waals surface area contributed by atoms with E-state index in [0.29, 0.717) is 11.9 Å². The van der Waals surface area contributed by atoms with Gasteiger partial charge in [0.25, 0.3) is 0 Å². The van der Waals surface area contributed by atoms with Crippen LogP contribution in [0.2, 0.25) is 0 Å². The number of aliphatic hydroxyl groups excluding tert-OH is 1. The van der Waals surface area contributed by atoms with E-state index in [1.54, 1.807) is 7.11 Å². The number of nitrogens with zero attached hydrogens (tertiary/aromatic N) is 4. The van der Waals surface area contributed by atoms with Crippen LogP contribution in [0.15, 0.2) is 6.07 Å². The first kappa shape index (κ1) is 13.4. The lowest BCUT2D eigenvalue weighted by Crippen LogP contribution is -2.57. The molecule has 0 saturated carbocycles. The van der Waals surface area contributed by atoms with Gasteiger partial charge in [-0.3, -0.25) is 4.90 Å². The quantitative estimate of drug-likeness (QED) is 0.786. The second-order valence-electron chi connectivity index (χ2n) is 5.45. The number of piperidine rings is 1. The first-order valence-electron chi connectivity index (χ1n) is 7.01. The Kier molecular flexibility index (Phi) is 3.62. The largest absolute Gasteiger partial charge is 0.481 e. The van der Waals surface area contributed by atoms with Gasteiger partial charge < -0.3 is 20.5 Å². The van der Waals surface area contributed by atoms with Crippen molar-refractivity contribution in [3.8, 4) is 5.88 Å². The smallest absolute Gasteiger partial charge is 0.225 e. The van der Waals surface area contributed by atoms with Gasteiger partial charge in [-0.25, -0.2) is 0 Å². The molecule has 0 radical (unpaired) electrons. The van der Waals surface area contributed by atoms with Crippen LogP contribution in [0, 0.1) is 0 Å². The fourth-order valence-corrected chi connectivity index (χ4v) is 2.94. The van der Waals surface area contributed by atoms with Crippen molar-refractivity contribution in [2.45, 2.75) is 25.0 Å². The molecular formula is C13H21N5O2. The number of rotatable bonds is 3. The predicted octanol–water partition coefficient (Wildman–Crippen LogP) is -0.287. The van der Waals surface area contributed by atoms with Crippen molar-refractivity contribution in [2.75, 3.05) is 43.9 Å². The van der Waals surface area contributed by atoms with Gasteiger partial charge in [0.15, 0.2) is 0 Å². The lowest BCUT2D eigenvalue weighted by atomic mass is 9.98. The highest BCUT2D eigenvalue weighted by atomic mass is 16.5. The maximum Gasteiger partial charge on any atom is 0.225 e. The molecule has 0 amide bonds. The number of aliphatic hydroxyl groups is 1. The van der Waals surface area contributed by atoms with E-state index in [9.17, 15) is 5.11 Å². The Bertz CT molecular complexity index is 470. The van der Waals surface area contributed by atoms with Crippen LogP contribution in [0.25, 0.3) is 0 Å². The number of hydrogen-bond donors (Lipinski definition) is 2. The molecule has 2 aliphatic heterocycles. The number of β-amino-alcohol motifs (C(OH)–C–C–N with tert-alkyl or cyclic N) is 1. The summed E-state index contributed by atoms with van der Waals surface area (Å²) in [5.74, 6) is 1.57. The van der Waals surface area contributed by atoms with E-state index in [-0.39, 0.29) is 12.1 Å². The molecular weight excluding hydrogens is 258 g/mol. The highest BCUT2D eigenvalue weighted by Crippen LogP contribution is 2.26. The Balaban J connectivity index is 1.61. The van der Waals surface area contributed by atoms with Crippen molar-refractivity contribution in [1.29, 1.82) is 0 Å². The van der Waals surface area contributed by atoms with Crippen molar-refractivity contribution >= 4 is 11.8 Å². The molecule has 0 atom stereocenters. The van der Waals surface area contributed by atoms with Crippen LogP contribution >= 0.6 is 0 Å². The summed E-state index contributed by atoms with van der Waals surface area (Å²) in [6.07, 6.45) is 2.04. The molecule has 7 nitrogen and oxygen atoms in total. The third-order valence-corrected chi connectivity index (χ3v) is 4.11. The minimum absolute atomic E-state index is 0.126. The van der Waals surface area contributed by atoms with Gasteiger partial charge in [0.1, 0.15) is 5.82 Å². The number of methoxy groups -OCH3 is 1. The maximum absolute atomic E-state index is 9.37. The molecule has 2 fully saturated rings. The van der Waals surface area contributed by atoms with E-state index in [4.69, 9.17) is 10.5 Å². The first-order chi connectivity index (χ1) is 9.65. The van der Waals surface area contributed by atoms with Gasteiger partial charge in [0, 0.05) is 38.3 Å². The molecule has 1 aromatic heterocycles. The molecule has 0 aromatic carbocycles. The van der Waals surface area contributed by atoms with Crippen LogP contribution in [0.3, 0.4) is 0 Å². The average molecular weight is 279 g/mol. The first-order valence-corrected chi connectivity index (χ1v) is 7.01. The van der Waals surface area contributed by atoms with E-state index in [1.165, 1.54) is 0 Å². The fourth-order valence-electron chi connectivity index (χ4n) is 2.94. The number of likely N-dealkylation sites (tertiary alicyclic amines) is 1. The van der Waals surface area contributed by atoms with E-state index in [1.807, 2.05) is 6.07 Å². The van der Waals surface area contributed by atoms with E-state index in [2.05, 4.69) is 19.8 Å². The minimum Gasteiger partial charge on any atom is -0.481 e. The van der Waals surface area contributed by atoms with Crippen molar-refractivity contribution in [1.82, 2.24) is 14.9 Å². The van der Waals surface area contributed by atoms with Gasteiger partial charge >= 0.3 is 0 Å². The topological polar surface area (TPSA) is 87.7 Å². The van der Waals surface area contributed by atoms with E-state index >= 15 is 0 Å². The number of ether oxygens (including phenoxy) is 1. The van der Waals surface area contributed by atoms with Crippen molar-refractivity contribution in [2.24, 2.45) is 0 Å². The number of nitrogens with two attached hydrogens (primary N) is 1. The molecule has 7 heteroatoms. The second kappa shape index (κ2) is 5.41. The van der Waals surface area contributed by atoms with Gasteiger partial charge in [-0.15, -0.1) is 0 Å². The zero-order chi connectivity index (χ0) is 14.1. The Morgan fingerprint density at radius 1 is 1.30 bits per heavy atom. The number of aromatic nitrogens is 2. The summed E-state index contributed by atoms with van der Waals surface area (Å²) >= 11 is 0. The van der Waals surface area contributed by atoms with Crippen LogP contribution in [0.5, 0.6) is 5.88 Å². The lowest BCUT2D eigenvalue weighted by Gasteiger charge is -2.45. The lowest BCUT2D eigenvalue weighted by molar-refractivity contribution is -0.0301. The predicted molar refractivity (Wildman–Crippen MR) is 75.8 cm³/mol. The molecule has 20 heavy (non-hydrogen) atoms. The molecule has 110 valence electrons. The molecule has 3 rings (SSSR count). The summed E-state index contributed by atoms with van der Waals surface area (Å²) in [5, 5.41) is 9.37. The van der Waals surface area contributed by atoms with Crippen LogP contribution < -0.4 is 15.4 Å². The molecule has 0 bridgehead atoms. The van der Waals surface area contributed by atoms with Gasteiger partial charge in [-0.2, -0.15) is 9.97 Å². The molecule has 2 saturated heterocycles. The molecule has 0 spiro atoms.